The number of hydrogen-bond acceptors (Lipinski definition) is 5. The van der Waals surface area contributed by atoms with E-state index < -0.39 is 25.4 Å². The highest BCUT2D eigenvalue weighted by atomic mass is 17.1. The predicted molar refractivity (Wildman–Crippen MR) is 27.7 cm³/mol. The van der Waals surface area contributed by atoms with Crippen LogP contribution in [0.15, 0.2) is 0 Å². The van der Waals surface area contributed by atoms with E-state index in [4.69, 9.17) is 20.6 Å². The molecular formula is C4H10O5. The summed E-state index contributed by atoms with van der Waals surface area (Å²) in [7, 11) is 0. The van der Waals surface area contributed by atoms with Crippen LogP contribution in [-0.4, -0.2) is 46.0 Å². The molecule has 0 bridgehead atoms. The Hall–Kier alpha value is -0.200. The van der Waals surface area contributed by atoms with Crippen molar-refractivity contribution < 1.29 is 25.5 Å². The second-order valence-electron chi connectivity index (χ2n) is 1.61. The first-order chi connectivity index (χ1) is 4.22. The molecule has 0 heterocycles. The third kappa shape index (κ3) is 3.39. The fraction of sp³-hybridized carbons (Fsp3) is 1.00. The van der Waals surface area contributed by atoms with Crippen LogP contribution in [0.25, 0.3) is 0 Å². The predicted octanol–water partition coefficient (Wildman–Crippen LogP) is -1.81. The molecule has 4 N–H and O–H groups in total. The maximum Gasteiger partial charge on any atom is 0.110 e. The molecule has 9 heavy (non-hydrogen) atoms. The van der Waals surface area contributed by atoms with Gasteiger partial charge in [-0.25, -0.2) is 4.89 Å². The summed E-state index contributed by atoms with van der Waals surface area (Å²) in [6.07, 6.45) is -2.49. The molecule has 0 fully saturated rings. The molecule has 5 heteroatoms. The summed E-state index contributed by atoms with van der Waals surface area (Å²) in [5.41, 5.74) is 0. The number of hydrogen-bond donors (Lipinski definition) is 4. The fourth-order valence-corrected chi connectivity index (χ4v) is 0.309. The minimum absolute atomic E-state index is 0.401. The monoisotopic (exact) mass is 138 g/mol. The zero-order valence-electron chi connectivity index (χ0n) is 4.77. The van der Waals surface area contributed by atoms with Crippen molar-refractivity contribution in [3.8, 4) is 0 Å². The van der Waals surface area contributed by atoms with Crippen molar-refractivity contribution in [3.63, 3.8) is 0 Å². The van der Waals surface area contributed by atoms with Gasteiger partial charge in [-0.3, -0.25) is 5.26 Å². The molecule has 0 radical (unpaired) electrons. The highest BCUT2D eigenvalue weighted by molar-refractivity contribution is 4.63. The lowest BCUT2D eigenvalue weighted by Gasteiger charge is -2.12. The highest BCUT2D eigenvalue weighted by Crippen LogP contribution is 1.91. The van der Waals surface area contributed by atoms with Gasteiger partial charge in [0.2, 0.25) is 0 Å². The Labute approximate surface area is 52.1 Å². The molecule has 0 unspecified atom stereocenters. The van der Waals surface area contributed by atoms with E-state index in [1.54, 1.807) is 0 Å². The van der Waals surface area contributed by atoms with E-state index in [1.807, 2.05) is 0 Å². The van der Waals surface area contributed by atoms with Gasteiger partial charge in [0.25, 0.3) is 0 Å². The zero-order chi connectivity index (χ0) is 7.28. The zero-order valence-corrected chi connectivity index (χ0v) is 4.77. The molecule has 0 saturated heterocycles. The van der Waals surface area contributed by atoms with Gasteiger partial charge in [-0.05, 0) is 0 Å². The Kier molecular flexibility index (Phi) is 4.55. The normalized spacial score (nSPS) is 17.3. The molecule has 0 amide bonds. The maximum absolute atomic E-state index is 8.62. The minimum Gasteiger partial charge on any atom is -0.394 e. The van der Waals surface area contributed by atoms with Gasteiger partial charge in [-0.2, -0.15) is 0 Å². The van der Waals surface area contributed by atoms with Crippen LogP contribution in [0, 0.1) is 0 Å². The SMILES string of the molecule is OC[C@@H](O)[C@H](O)COO. The van der Waals surface area contributed by atoms with Crippen molar-refractivity contribution in [2.24, 2.45) is 0 Å². The first kappa shape index (κ1) is 8.80. The van der Waals surface area contributed by atoms with Gasteiger partial charge in [0.1, 0.15) is 18.8 Å². The van der Waals surface area contributed by atoms with Gasteiger partial charge in [-0.15, -0.1) is 0 Å². The summed E-state index contributed by atoms with van der Waals surface area (Å²) in [4.78, 5) is 3.51. The molecule has 0 aliphatic heterocycles. The largest absolute Gasteiger partial charge is 0.394 e. The first-order valence-electron chi connectivity index (χ1n) is 2.45. The number of aliphatic hydroxyl groups is 3. The van der Waals surface area contributed by atoms with Crippen LogP contribution in [0.2, 0.25) is 0 Å². The fourth-order valence-electron chi connectivity index (χ4n) is 0.309. The van der Waals surface area contributed by atoms with Crippen LogP contribution < -0.4 is 0 Å². The average Bonchev–Trinajstić information content (AvgIpc) is 1.87. The standard InChI is InChI=1S/C4H10O5/c5-1-3(6)4(7)2-9-8/h3-8H,1-2H2/t3-,4-/m1/s1. The summed E-state index contributed by atoms with van der Waals surface area (Å²) in [6, 6.07) is 0. The Balaban J connectivity index is 3.32. The van der Waals surface area contributed by atoms with Gasteiger partial charge in [0.05, 0.1) is 6.61 Å². The lowest BCUT2D eigenvalue weighted by atomic mass is 10.2. The van der Waals surface area contributed by atoms with Crippen molar-refractivity contribution in [1.82, 2.24) is 0 Å². The lowest BCUT2D eigenvalue weighted by Crippen LogP contribution is -2.32. The van der Waals surface area contributed by atoms with E-state index in [-0.39, 0.29) is 0 Å². The first-order valence-corrected chi connectivity index (χ1v) is 2.45. The molecular weight excluding hydrogens is 128 g/mol. The van der Waals surface area contributed by atoms with E-state index in [2.05, 4.69) is 4.89 Å². The molecule has 0 rings (SSSR count). The van der Waals surface area contributed by atoms with Crippen LogP contribution in [0.3, 0.4) is 0 Å². The molecule has 2 atom stereocenters. The van der Waals surface area contributed by atoms with E-state index in [0.29, 0.717) is 0 Å². The number of aliphatic hydroxyl groups excluding tert-OH is 3. The molecule has 56 valence electrons. The van der Waals surface area contributed by atoms with E-state index in [9.17, 15) is 0 Å². The molecule has 0 saturated carbocycles. The lowest BCUT2D eigenvalue weighted by molar-refractivity contribution is -0.263. The molecule has 0 spiro atoms. The molecule has 0 aromatic rings. The molecule has 5 nitrogen and oxygen atoms in total. The van der Waals surface area contributed by atoms with Crippen molar-refractivity contribution in [2.75, 3.05) is 13.2 Å². The summed E-state index contributed by atoms with van der Waals surface area (Å²) in [5.74, 6) is 0. The topological polar surface area (TPSA) is 90.2 Å². The van der Waals surface area contributed by atoms with Crippen LogP contribution in [0.4, 0.5) is 0 Å². The summed E-state index contributed by atoms with van der Waals surface area (Å²) < 4.78 is 0. The van der Waals surface area contributed by atoms with Gasteiger partial charge in [0, 0.05) is 0 Å². The molecule has 0 aromatic carbocycles. The Morgan fingerprint density at radius 1 is 1.22 bits per heavy atom. The Morgan fingerprint density at radius 3 is 2.11 bits per heavy atom. The second kappa shape index (κ2) is 4.66. The maximum atomic E-state index is 8.62. The van der Waals surface area contributed by atoms with Crippen LogP contribution in [0.1, 0.15) is 0 Å². The van der Waals surface area contributed by atoms with Crippen LogP contribution in [0.5, 0.6) is 0 Å². The second-order valence-corrected chi connectivity index (χ2v) is 1.61. The summed E-state index contributed by atoms with van der Waals surface area (Å²) in [5, 5.41) is 33.1. The Bertz CT molecular complexity index is 66.0. The third-order valence-corrected chi connectivity index (χ3v) is 0.877. The highest BCUT2D eigenvalue weighted by Gasteiger charge is 2.14. The van der Waals surface area contributed by atoms with E-state index >= 15 is 0 Å². The van der Waals surface area contributed by atoms with Gasteiger partial charge >= 0.3 is 0 Å². The third-order valence-electron chi connectivity index (χ3n) is 0.877. The van der Waals surface area contributed by atoms with Crippen molar-refractivity contribution in [1.29, 1.82) is 0 Å². The molecule has 0 aliphatic rings. The van der Waals surface area contributed by atoms with Crippen LogP contribution in [-0.2, 0) is 4.89 Å². The summed E-state index contributed by atoms with van der Waals surface area (Å²) in [6.45, 7) is -0.952. The van der Waals surface area contributed by atoms with Gasteiger partial charge < -0.3 is 15.3 Å². The molecule has 0 aromatic heterocycles. The van der Waals surface area contributed by atoms with Crippen molar-refractivity contribution >= 4 is 0 Å². The molecule has 0 aliphatic carbocycles. The Morgan fingerprint density at radius 2 is 1.78 bits per heavy atom. The summed E-state index contributed by atoms with van der Waals surface area (Å²) >= 11 is 0. The van der Waals surface area contributed by atoms with E-state index in [1.165, 1.54) is 0 Å². The average molecular weight is 138 g/mol. The van der Waals surface area contributed by atoms with Crippen molar-refractivity contribution in [2.45, 2.75) is 12.2 Å². The van der Waals surface area contributed by atoms with Gasteiger partial charge in [0.15, 0.2) is 0 Å². The van der Waals surface area contributed by atoms with E-state index in [0.717, 1.165) is 0 Å². The number of rotatable bonds is 4. The van der Waals surface area contributed by atoms with Gasteiger partial charge in [-0.1, -0.05) is 0 Å². The van der Waals surface area contributed by atoms with Crippen LogP contribution >= 0.6 is 0 Å². The quantitative estimate of drug-likeness (QED) is 0.271. The smallest absolute Gasteiger partial charge is 0.110 e. The minimum atomic E-state index is -1.25. The van der Waals surface area contributed by atoms with Crippen molar-refractivity contribution in [3.05, 3.63) is 0 Å².